The van der Waals surface area contributed by atoms with Gasteiger partial charge in [0, 0.05) is 25.7 Å². The average Bonchev–Trinajstić information content (AvgIpc) is 2.39. The number of likely N-dealkylation sites (tertiary alicyclic amines) is 1. The Morgan fingerprint density at radius 3 is 3.05 bits per heavy atom. The highest BCUT2D eigenvalue weighted by atomic mass is 16.5. The number of ether oxygens (including phenoxy) is 1. The Labute approximate surface area is 116 Å². The second-order valence-corrected chi connectivity index (χ2v) is 5.50. The standard InChI is InChI=1S/C16H26N2O/c1-3-19-15-8-5-9-18(11-15)12-16(17)14-7-4-6-13(2)10-14/h4,6-7,10,15-16H,3,5,8-9,11-12,17H2,1-2H3. The summed E-state index contributed by atoms with van der Waals surface area (Å²) in [6, 6.07) is 8.61. The zero-order valence-corrected chi connectivity index (χ0v) is 12.1. The van der Waals surface area contributed by atoms with Crippen LogP contribution in [-0.2, 0) is 4.74 Å². The second-order valence-electron chi connectivity index (χ2n) is 5.50. The van der Waals surface area contributed by atoms with Gasteiger partial charge in [0.2, 0.25) is 0 Å². The van der Waals surface area contributed by atoms with Crippen LogP contribution in [0.4, 0.5) is 0 Å². The Kier molecular flexibility index (Phi) is 5.37. The number of nitrogens with zero attached hydrogens (tertiary/aromatic N) is 1. The minimum absolute atomic E-state index is 0.0975. The van der Waals surface area contributed by atoms with Crippen molar-refractivity contribution in [2.45, 2.75) is 38.8 Å². The van der Waals surface area contributed by atoms with Crippen molar-refractivity contribution in [3.05, 3.63) is 35.4 Å². The largest absolute Gasteiger partial charge is 0.377 e. The van der Waals surface area contributed by atoms with Crippen LogP contribution in [0, 0.1) is 6.92 Å². The van der Waals surface area contributed by atoms with Gasteiger partial charge in [0.1, 0.15) is 0 Å². The molecule has 1 aromatic carbocycles. The van der Waals surface area contributed by atoms with Crippen LogP contribution in [0.15, 0.2) is 24.3 Å². The van der Waals surface area contributed by atoms with Gasteiger partial charge in [0.05, 0.1) is 6.10 Å². The first-order chi connectivity index (χ1) is 9.19. The monoisotopic (exact) mass is 262 g/mol. The lowest BCUT2D eigenvalue weighted by molar-refractivity contribution is 0.00449. The Hall–Kier alpha value is -0.900. The zero-order chi connectivity index (χ0) is 13.7. The van der Waals surface area contributed by atoms with Gasteiger partial charge in [-0.3, -0.25) is 4.90 Å². The molecule has 1 fully saturated rings. The fourth-order valence-corrected chi connectivity index (χ4v) is 2.84. The van der Waals surface area contributed by atoms with E-state index in [2.05, 4.69) is 43.0 Å². The number of hydrogen-bond donors (Lipinski definition) is 1. The highest BCUT2D eigenvalue weighted by Gasteiger charge is 2.21. The van der Waals surface area contributed by atoms with E-state index in [4.69, 9.17) is 10.5 Å². The van der Waals surface area contributed by atoms with E-state index < -0.39 is 0 Å². The molecular weight excluding hydrogens is 236 g/mol. The van der Waals surface area contributed by atoms with Crippen molar-refractivity contribution in [2.24, 2.45) is 5.73 Å². The van der Waals surface area contributed by atoms with Crippen LogP contribution in [0.3, 0.4) is 0 Å². The van der Waals surface area contributed by atoms with Crippen molar-refractivity contribution in [2.75, 3.05) is 26.2 Å². The molecule has 1 aromatic rings. The van der Waals surface area contributed by atoms with Gasteiger partial charge in [-0.2, -0.15) is 0 Å². The average molecular weight is 262 g/mol. The molecule has 0 aliphatic carbocycles. The van der Waals surface area contributed by atoms with E-state index >= 15 is 0 Å². The molecule has 2 atom stereocenters. The summed E-state index contributed by atoms with van der Waals surface area (Å²) < 4.78 is 5.74. The molecule has 0 spiro atoms. The Morgan fingerprint density at radius 2 is 2.32 bits per heavy atom. The van der Waals surface area contributed by atoms with Crippen molar-refractivity contribution in [1.82, 2.24) is 4.90 Å². The third-order valence-electron chi connectivity index (χ3n) is 3.79. The first kappa shape index (κ1) is 14.5. The number of hydrogen-bond acceptors (Lipinski definition) is 3. The lowest BCUT2D eigenvalue weighted by Crippen LogP contribution is -2.42. The van der Waals surface area contributed by atoms with Crippen LogP contribution < -0.4 is 5.73 Å². The summed E-state index contributed by atoms with van der Waals surface area (Å²) in [6.07, 6.45) is 2.79. The molecule has 2 N–H and O–H groups in total. The normalized spacial score (nSPS) is 22.4. The van der Waals surface area contributed by atoms with Crippen LogP contribution in [-0.4, -0.2) is 37.2 Å². The second kappa shape index (κ2) is 7.04. The van der Waals surface area contributed by atoms with Crippen molar-refractivity contribution >= 4 is 0 Å². The first-order valence-electron chi connectivity index (χ1n) is 7.35. The number of nitrogens with two attached hydrogens (primary N) is 1. The summed E-state index contributed by atoms with van der Waals surface area (Å²) in [5.41, 5.74) is 8.84. The number of piperidine rings is 1. The maximum atomic E-state index is 6.33. The fraction of sp³-hybridized carbons (Fsp3) is 0.625. The molecular formula is C16H26N2O. The fourth-order valence-electron chi connectivity index (χ4n) is 2.84. The summed E-state index contributed by atoms with van der Waals surface area (Å²) >= 11 is 0. The van der Waals surface area contributed by atoms with E-state index in [0.29, 0.717) is 6.10 Å². The maximum Gasteiger partial charge on any atom is 0.0702 e. The van der Waals surface area contributed by atoms with E-state index in [0.717, 1.165) is 26.2 Å². The molecule has 2 rings (SSSR count). The molecule has 3 nitrogen and oxygen atoms in total. The van der Waals surface area contributed by atoms with Gasteiger partial charge in [-0.05, 0) is 38.8 Å². The number of benzene rings is 1. The molecule has 106 valence electrons. The zero-order valence-electron chi connectivity index (χ0n) is 12.1. The summed E-state index contributed by atoms with van der Waals surface area (Å²) in [7, 11) is 0. The molecule has 19 heavy (non-hydrogen) atoms. The van der Waals surface area contributed by atoms with Gasteiger partial charge in [-0.1, -0.05) is 29.8 Å². The molecule has 3 heteroatoms. The van der Waals surface area contributed by atoms with Crippen LogP contribution in [0.5, 0.6) is 0 Å². The molecule has 2 unspecified atom stereocenters. The van der Waals surface area contributed by atoms with E-state index in [1.807, 2.05) is 0 Å². The third kappa shape index (κ3) is 4.30. The van der Waals surface area contributed by atoms with Crippen molar-refractivity contribution in [3.8, 4) is 0 Å². The van der Waals surface area contributed by atoms with Gasteiger partial charge < -0.3 is 10.5 Å². The van der Waals surface area contributed by atoms with Gasteiger partial charge in [0.15, 0.2) is 0 Å². The molecule has 1 heterocycles. The quantitative estimate of drug-likeness (QED) is 0.886. The lowest BCUT2D eigenvalue weighted by atomic mass is 10.0. The highest BCUT2D eigenvalue weighted by molar-refractivity contribution is 5.25. The molecule has 0 aromatic heterocycles. The summed E-state index contributed by atoms with van der Waals surface area (Å²) in [4.78, 5) is 2.44. The smallest absolute Gasteiger partial charge is 0.0702 e. The minimum atomic E-state index is 0.0975. The molecule has 1 aliphatic heterocycles. The van der Waals surface area contributed by atoms with Crippen LogP contribution >= 0.6 is 0 Å². The van der Waals surface area contributed by atoms with Crippen molar-refractivity contribution in [1.29, 1.82) is 0 Å². The molecule has 0 radical (unpaired) electrons. The third-order valence-corrected chi connectivity index (χ3v) is 3.79. The van der Waals surface area contributed by atoms with E-state index in [1.165, 1.54) is 24.0 Å². The van der Waals surface area contributed by atoms with Gasteiger partial charge >= 0.3 is 0 Å². The molecule has 0 saturated carbocycles. The number of aryl methyl sites for hydroxylation is 1. The summed E-state index contributed by atoms with van der Waals surface area (Å²) in [5, 5.41) is 0. The molecule has 1 saturated heterocycles. The van der Waals surface area contributed by atoms with Crippen LogP contribution in [0.2, 0.25) is 0 Å². The van der Waals surface area contributed by atoms with Crippen LogP contribution in [0.1, 0.15) is 36.9 Å². The number of rotatable bonds is 5. The summed E-state index contributed by atoms with van der Waals surface area (Å²) in [5.74, 6) is 0. The van der Waals surface area contributed by atoms with Gasteiger partial charge in [-0.25, -0.2) is 0 Å². The van der Waals surface area contributed by atoms with Crippen LogP contribution in [0.25, 0.3) is 0 Å². The minimum Gasteiger partial charge on any atom is -0.377 e. The maximum absolute atomic E-state index is 6.33. The van der Waals surface area contributed by atoms with Gasteiger partial charge in [-0.15, -0.1) is 0 Å². The first-order valence-corrected chi connectivity index (χ1v) is 7.35. The van der Waals surface area contributed by atoms with Gasteiger partial charge in [0.25, 0.3) is 0 Å². The highest BCUT2D eigenvalue weighted by Crippen LogP contribution is 2.18. The predicted octanol–water partition coefficient (Wildman–Crippen LogP) is 2.50. The van der Waals surface area contributed by atoms with E-state index in [9.17, 15) is 0 Å². The topological polar surface area (TPSA) is 38.5 Å². The SMILES string of the molecule is CCOC1CCCN(CC(N)c2cccc(C)c2)C1. The Morgan fingerprint density at radius 1 is 1.47 bits per heavy atom. The Balaban J connectivity index is 1.89. The molecule has 1 aliphatic rings. The summed E-state index contributed by atoms with van der Waals surface area (Å²) in [6.45, 7) is 8.07. The van der Waals surface area contributed by atoms with Crippen molar-refractivity contribution in [3.63, 3.8) is 0 Å². The predicted molar refractivity (Wildman–Crippen MR) is 79.2 cm³/mol. The molecule has 0 bridgehead atoms. The molecule has 0 amide bonds. The van der Waals surface area contributed by atoms with Crippen molar-refractivity contribution < 1.29 is 4.74 Å². The lowest BCUT2D eigenvalue weighted by Gasteiger charge is -2.34. The van der Waals surface area contributed by atoms with E-state index in [-0.39, 0.29) is 6.04 Å². The van der Waals surface area contributed by atoms with E-state index in [1.54, 1.807) is 0 Å². The Bertz CT molecular complexity index is 392.